The molecule has 0 atom stereocenters. The number of hydrogen-bond acceptors (Lipinski definition) is 3. The van der Waals surface area contributed by atoms with Gasteiger partial charge in [0.25, 0.3) is 0 Å². The Bertz CT molecular complexity index is 95.7. The van der Waals surface area contributed by atoms with Gasteiger partial charge in [-0.25, -0.2) is 0 Å². The molecule has 0 amide bonds. The van der Waals surface area contributed by atoms with Crippen LogP contribution in [0.2, 0.25) is 0 Å². The quantitative estimate of drug-likeness (QED) is 0.339. The fourth-order valence-electron chi connectivity index (χ4n) is 0.491. The summed E-state index contributed by atoms with van der Waals surface area (Å²) in [6.07, 6.45) is 1.00. The van der Waals surface area contributed by atoms with Crippen molar-refractivity contribution in [3.05, 3.63) is 0 Å². The van der Waals surface area contributed by atoms with Crippen molar-refractivity contribution in [1.82, 2.24) is 0 Å². The Balaban J connectivity index is 0. The molecule has 0 aliphatic carbocycles. The van der Waals surface area contributed by atoms with E-state index in [1.807, 2.05) is 6.92 Å². The van der Waals surface area contributed by atoms with Gasteiger partial charge >= 0.3 is 35.5 Å². The summed E-state index contributed by atoms with van der Waals surface area (Å²) in [4.78, 5) is 10.2. The zero-order chi connectivity index (χ0) is 7.82. The molecule has 4 heteroatoms. The van der Waals surface area contributed by atoms with Gasteiger partial charge in [0.05, 0.1) is 6.61 Å². The first-order chi connectivity index (χ1) is 4.77. The van der Waals surface area contributed by atoms with Gasteiger partial charge in [-0.2, -0.15) is 0 Å². The van der Waals surface area contributed by atoms with E-state index in [4.69, 9.17) is 4.74 Å². The summed E-state index contributed by atoms with van der Waals surface area (Å²) in [5, 5.41) is 0. The van der Waals surface area contributed by atoms with Crippen molar-refractivity contribution in [2.24, 2.45) is 0 Å². The maximum atomic E-state index is 10.2. The normalized spacial score (nSPS) is 8.55. The molecule has 0 fully saturated rings. The molecule has 0 saturated heterocycles. The summed E-state index contributed by atoms with van der Waals surface area (Å²) < 4.78 is 9.68. The summed E-state index contributed by atoms with van der Waals surface area (Å²) >= 11 is 0. The van der Waals surface area contributed by atoms with E-state index < -0.39 is 0 Å². The van der Waals surface area contributed by atoms with E-state index in [-0.39, 0.29) is 35.5 Å². The minimum absolute atomic E-state index is 0. The summed E-state index contributed by atoms with van der Waals surface area (Å²) in [5.74, 6) is -0.250. The standard InChI is InChI=1S/C7H14O3.Na.H/c1-3-4-9-5-6-10-7(2)8;;/h3-6H2,1-2H3;;. The molecule has 0 N–H and O–H groups in total. The monoisotopic (exact) mass is 170 g/mol. The Morgan fingerprint density at radius 3 is 2.36 bits per heavy atom. The van der Waals surface area contributed by atoms with E-state index in [0.29, 0.717) is 13.2 Å². The zero-order valence-corrected chi connectivity index (χ0v) is 6.55. The van der Waals surface area contributed by atoms with Gasteiger partial charge < -0.3 is 9.47 Å². The van der Waals surface area contributed by atoms with Crippen LogP contribution in [0.25, 0.3) is 0 Å². The van der Waals surface area contributed by atoms with Crippen molar-refractivity contribution in [3.8, 4) is 0 Å². The average Bonchev–Trinajstić information content (AvgIpc) is 1.87. The molecular weight excluding hydrogens is 155 g/mol. The van der Waals surface area contributed by atoms with Crippen LogP contribution in [0.5, 0.6) is 0 Å². The Morgan fingerprint density at radius 2 is 1.91 bits per heavy atom. The Hall–Kier alpha value is 0.430. The number of carbonyl (C=O) groups excluding carboxylic acids is 1. The molecule has 0 aromatic heterocycles. The summed E-state index contributed by atoms with van der Waals surface area (Å²) in [5.41, 5.74) is 0. The topological polar surface area (TPSA) is 35.5 Å². The molecule has 3 nitrogen and oxygen atoms in total. The Kier molecular flexibility index (Phi) is 13.3. The molecule has 0 saturated carbocycles. The van der Waals surface area contributed by atoms with Crippen LogP contribution in [-0.4, -0.2) is 55.3 Å². The molecule has 0 heterocycles. The van der Waals surface area contributed by atoms with Crippen LogP contribution in [0.15, 0.2) is 0 Å². The molecular formula is C7H15NaO3. The first-order valence-electron chi connectivity index (χ1n) is 3.48. The van der Waals surface area contributed by atoms with Crippen LogP contribution in [-0.2, 0) is 14.3 Å². The first-order valence-corrected chi connectivity index (χ1v) is 3.48. The van der Waals surface area contributed by atoms with E-state index in [0.717, 1.165) is 13.0 Å². The van der Waals surface area contributed by atoms with Crippen molar-refractivity contribution in [2.45, 2.75) is 20.3 Å². The van der Waals surface area contributed by atoms with E-state index in [1.54, 1.807) is 0 Å². The molecule has 11 heavy (non-hydrogen) atoms. The fraction of sp³-hybridized carbons (Fsp3) is 0.857. The van der Waals surface area contributed by atoms with Gasteiger partial charge in [0, 0.05) is 13.5 Å². The van der Waals surface area contributed by atoms with Crippen molar-refractivity contribution < 1.29 is 14.3 Å². The maximum absolute atomic E-state index is 10.2. The van der Waals surface area contributed by atoms with E-state index in [2.05, 4.69) is 4.74 Å². The second-order valence-electron chi connectivity index (χ2n) is 1.95. The predicted molar refractivity (Wildman–Crippen MR) is 44.9 cm³/mol. The van der Waals surface area contributed by atoms with Gasteiger partial charge in [0.1, 0.15) is 6.61 Å². The number of hydrogen-bond donors (Lipinski definition) is 0. The molecule has 0 rings (SSSR count). The second-order valence-corrected chi connectivity index (χ2v) is 1.95. The van der Waals surface area contributed by atoms with Crippen molar-refractivity contribution in [1.29, 1.82) is 0 Å². The van der Waals surface area contributed by atoms with Crippen LogP contribution in [0, 0.1) is 0 Å². The number of rotatable bonds is 5. The van der Waals surface area contributed by atoms with Gasteiger partial charge in [-0.15, -0.1) is 0 Å². The van der Waals surface area contributed by atoms with Gasteiger partial charge in [0.2, 0.25) is 0 Å². The summed E-state index contributed by atoms with van der Waals surface area (Å²) in [6.45, 7) is 5.04. The molecule has 0 spiro atoms. The zero-order valence-electron chi connectivity index (χ0n) is 6.55. The first kappa shape index (κ1) is 14.0. The molecule has 62 valence electrons. The molecule has 0 aromatic carbocycles. The Morgan fingerprint density at radius 1 is 1.27 bits per heavy atom. The van der Waals surface area contributed by atoms with Gasteiger partial charge in [-0.05, 0) is 6.42 Å². The van der Waals surface area contributed by atoms with Gasteiger partial charge in [-0.3, -0.25) is 4.79 Å². The van der Waals surface area contributed by atoms with Gasteiger partial charge in [-0.1, -0.05) is 6.92 Å². The van der Waals surface area contributed by atoms with Crippen LogP contribution in [0.4, 0.5) is 0 Å². The third-order valence-electron chi connectivity index (χ3n) is 0.881. The molecule has 0 aromatic rings. The summed E-state index contributed by atoms with van der Waals surface area (Å²) in [6, 6.07) is 0. The number of ether oxygens (including phenoxy) is 2. The van der Waals surface area contributed by atoms with Crippen LogP contribution in [0.3, 0.4) is 0 Å². The number of esters is 1. The SMILES string of the molecule is CCCOCCOC(C)=O.[NaH]. The van der Waals surface area contributed by atoms with Crippen molar-refractivity contribution in [3.63, 3.8) is 0 Å². The minimum atomic E-state index is -0.250. The third-order valence-corrected chi connectivity index (χ3v) is 0.881. The Labute approximate surface area is 89.7 Å². The van der Waals surface area contributed by atoms with Gasteiger partial charge in [0.15, 0.2) is 0 Å². The van der Waals surface area contributed by atoms with Crippen LogP contribution < -0.4 is 0 Å². The van der Waals surface area contributed by atoms with E-state index >= 15 is 0 Å². The predicted octanol–water partition coefficient (Wildman–Crippen LogP) is 0.328. The van der Waals surface area contributed by atoms with Crippen LogP contribution in [0.1, 0.15) is 20.3 Å². The van der Waals surface area contributed by atoms with E-state index in [1.165, 1.54) is 6.92 Å². The van der Waals surface area contributed by atoms with Crippen molar-refractivity contribution in [2.75, 3.05) is 19.8 Å². The molecule has 0 unspecified atom stereocenters. The van der Waals surface area contributed by atoms with Crippen molar-refractivity contribution >= 4 is 35.5 Å². The third kappa shape index (κ3) is 13.4. The molecule has 0 bridgehead atoms. The van der Waals surface area contributed by atoms with E-state index in [9.17, 15) is 4.79 Å². The molecule has 0 radical (unpaired) electrons. The number of carbonyl (C=O) groups is 1. The fourth-order valence-corrected chi connectivity index (χ4v) is 0.491. The van der Waals surface area contributed by atoms with Crippen LogP contribution >= 0.6 is 0 Å². The average molecular weight is 170 g/mol. The molecule has 0 aliphatic rings. The molecule has 0 aliphatic heterocycles. The summed E-state index contributed by atoms with van der Waals surface area (Å²) in [7, 11) is 0. The second kappa shape index (κ2) is 10.4.